The summed E-state index contributed by atoms with van der Waals surface area (Å²) in [6.07, 6.45) is 1.92. The Morgan fingerprint density at radius 2 is 1.83 bits per heavy atom. The van der Waals surface area contributed by atoms with Crippen LogP contribution in [0.3, 0.4) is 0 Å². The number of carbonyl (C=O) groups excluding carboxylic acids is 1. The lowest BCUT2D eigenvalue weighted by atomic mass is 10.1. The van der Waals surface area contributed by atoms with E-state index in [-0.39, 0.29) is 11.9 Å². The van der Waals surface area contributed by atoms with Gasteiger partial charge >= 0.3 is 0 Å². The Morgan fingerprint density at radius 3 is 2.53 bits per heavy atom. The fourth-order valence-electron chi connectivity index (χ4n) is 3.72. The van der Waals surface area contributed by atoms with Crippen LogP contribution in [0.2, 0.25) is 0 Å². The third-order valence-corrected chi connectivity index (χ3v) is 5.04. The number of amides is 1. The molecule has 4 rings (SSSR count). The maximum absolute atomic E-state index is 13.1. The molecule has 4 aromatic rings. The molecule has 0 saturated carbocycles. The van der Waals surface area contributed by atoms with Gasteiger partial charge in [-0.2, -0.15) is 10.2 Å². The van der Waals surface area contributed by atoms with Crippen LogP contribution in [0.4, 0.5) is 0 Å². The molecule has 0 aliphatic rings. The van der Waals surface area contributed by atoms with Crippen LogP contribution in [0, 0.1) is 20.8 Å². The first-order chi connectivity index (χ1) is 14.4. The molecule has 7 nitrogen and oxygen atoms in total. The molecule has 0 spiro atoms. The number of nitrogens with zero attached hydrogens (tertiary/aromatic N) is 5. The number of nitrogens with one attached hydrogen (secondary N) is 1. The minimum atomic E-state index is -0.121. The molecule has 154 valence electrons. The Hall–Kier alpha value is -3.48. The quantitative estimate of drug-likeness (QED) is 0.536. The Balaban J connectivity index is 1.62. The standard InChI is InChI=1S/C23H26N6O/c1-15-10-11-28(26-15)13-17(3)25-23(30)20-12-16(2)24-22-21(20)18(4)27-29(22)14-19-8-6-5-7-9-19/h5-12,17H,13-14H2,1-4H3,(H,25,30). The molecule has 1 atom stereocenters. The molecular weight excluding hydrogens is 376 g/mol. The van der Waals surface area contributed by atoms with Crippen molar-refractivity contribution in [3.8, 4) is 0 Å². The number of hydrogen-bond donors (Lipinski definition) is 1. The van der Waals surface area contributed by atoms with E-state index in [4.69, 9.17) is 4.98 Å². The van der Waals surface area contributed by atoms with E-state index in [0.717, 1.165) is 33.7 Å². The molecule has 1 amide bonds. The fraction of sp³-hybridized carbons (Fsp3) is 0.304. The number of carbonyl (C=O) groups is 1. The molecule has 1 aromatic carbocycles. The summed E-state index contributed by atoms with van der Waals surface area (Å²) in [5.41, 5.74) is 5.03. The highest BCUT2D eigenvalue weighted by Crippen LogP contribution is 2.23. The zero-order valence-electron chi connectivity index (χ0n) is 17.8. The van der Waals surface area contributed by atoms with Crippen molar-refractivity contribution in [3.05, 3.63) is 76.9 Å². The summed E-state index contributed by atoms with van der Waals surface area (Å²) in [6.45, 7) is 8.98. The number of benzene rings is 1. The molecular formula is C23H26N6O. The van der Waals surface area contributed by atoms with Crippen molar-refractivity contribution < 1.29 is 4.79 Å². The molecule has 0 fully saturated rings. The summed E-state index contributed by atoms with van der Waals surface area (Å²) in [5, 5.41) is 13.0. The molecule has 0 radical (unpaired) electrons. The normalized spacial score (nSPS) is 12.3. The van der Waals surface area contributed by atoms with E-state index in [0.29, 0.717) is 18.7 Å². The third kappa shape index (κ3) is 4.10. The van der Waals surface area contributed by atoms with E-state index in [2.05, 4.69) is 27.6 Å². The average molecular weight is 403 g/mol. The van der Waals surface area contributed by atoms with E-state index >= 15 is 0 Å². The van der Waals surface area contributed by atoms with Crippen LogP contribution < -0.4 is 5.32 Å². The van der Waals surface area contributed by atoms with Gasteiger partial charge < -0.3 is 5.32 Å². The highest BCUT2D eigenvalue weighted by molar-refractivity contribution is 6.06. The third-order valence-electron chi connectivity index (χ3n) is 5.04. The lowest BCUT2D eigenvalue weighted by molar-refractivity contribution is 0.0937. The van der Waals surface area contributed by atoms with Crippen LogP contribution >= 0.6 is 0 Å². The van der Waals surface area contributed by atoms with E-state index in [1.807, 2.05) is 73.6 Å². The predicted molar refractivity (Wildman–Crippen MR) is 116 cm³/mol. The Bertz CT molecular complexity index is 1190. The smallest absolute Gasteiger partial charge is 0.252 e. The molecule has 3 heterocycles. The summed E-state index contributed by atoms with van der Waals surface area (Å²) >= 11 is 0. The Labute approximate surface area is 175 Å². The monoisotopic (exact) mass is 402 g/mol. The van der Waals surface area contributed by atoms with Gasteiger partial charge in [0.2, 0.25) is 0 Å². The summed E-state index contributed by atoms with van der Waals surface area (Å²) in [4.78, 5) is 17.8. The van der Waals surface area contributed by atoms with Crippen molar-refractivity contribution in [3.63, 3.8) is 0 Å². The van der Waals surface area contributed by atoms with E-state index in [9.17, 15) is 4.79 Å². The molecule has 30 heavy (non-hydrogen) atoms. The number of aryl methyl sites for hydroxylation is 3. The second-order valence-electron chi connectivity index (χ2n) is 7.79. The lowest BCUT2D eigenvalue weighted by Crippen LogP contribution is -2.36. The first-order valence-corrected chi connectivity index (χ1v) is 10.1. The highest BCUT2D eigenvalue weighted by Gasteiger charge is 2.20. The second kappa shape index (κ2) is 8.10. The molecule has 1 N–H and O–H groups in total. The molecule has 3 aromatic heterocycles. The van der Waals surface area contributed by atoms with Gasteiger partial charge in [0.25, 0.3) is 5.91 Å². The van der Waals surface area contributed by atoms with Crippen LogP contribution in [0.25, 0.3) is 11.0 Å². The Kier molecular flexibility index (Phi) is 5.35. The zero-order valence-corrected chi connectivity index (χ0v) is 17.8. The van der Waals surface area contributed by atoms with Gasteiger partial charge in [-0.15, -0.1) is 0 Å². The second-order valence-corrected chi connectivity index (χ2v) is 7.79. The number of rotatable bonds is 6. The highest BCUT2D eigenvalue weighted by atomic mass is 16.1. The van der Waals surface area contributed by atoms with Crippen molar-refractivity contribution in [2.75, 3.05) is 0 Å². The largest absolute Gasteiger partial charge is 0.348 e. The summed E-state index contributed by atoms with van der Waals surface area (Å²) in [5.74, 6) is -0.121. The van der Waals surface area contributed by atoms with Crippen LogP contribution in [0.5, 0.6) is 0 Å². The molecule has 0 aliphatic heterocycles. The number of pyridine rings is 1. The minimum Gasteiger partial charge on any atom is -0.348 e. The van der Waals surface area contributed by atoms with Crippen molar-refractivity contribution in [2.45, 2.75) is 46.8 Å². The first kappa shape index (κ1) is 19.8. The maximum Gasteiger partial charge on any atom is 0.252 e. The van der Waals surface area contributed by atoms with Gasteiger partial charge in [-0.3, -0.25) is 9.48 Å². The molecule has 7 heteroatoms. The molecule has 0 aliphatic carbocycles. The van der Waals surface area contributed by atoms with Gasteiger partial charge in [-0.05, 0) is 45.4 Å². The van der Waals surface area contributed by atoms with Crippen LogP contribution in [0.15, 0.2) is 48.7 Å². The van der Waals surface area contributed by atoms with E-state index in [1.165, 1.54) is 0 Å². The summed E-state index contributed by atoms with van der Waals surface area (Å²) < 4.78 is 3.72. The van der Waals surface area contributed by atoms with Crippen molar-refractivity contribution in [2.24, 2.45) is 0 Å². The van der Waals surface area contributed by atoms with Gasteiger partial charge in [-0.1, -0.05) is 30.3 Å². The van der Waals surface area contributed by atoms with Gasteiger partial charge in [0.15, 0.2) is 5.65 Å². The van der Waals surface area contributed by atoms with Gasteiger partial charge in [0, 0.05) is 17.9 Å². The van der Waals surface area contributed by atoms with Crippen LogP contribution in [-0.2, 0) is 13.1 Å². The van der Waals surface area contributed by atoms with Crippen molar-refractivity contribution in [1.29, 1.82) is 0 Å². The molecule has 0 bridgehead atoms. The summed E-state index contributed by atoms with van der Waals surface area (Å²) in [6, 6.07) is 13.9. The average Bonchev–Trinajstić information content (AvgIpc) is 3.24. The minimum absolute atomic E-state index is 0.0695. The SMILES string of the molecule is Cc1cc(C(=O)NC(C)Cn2ccc(C)n2)c2c(C)nn(Cc3ccccc3)c2n1. The first-order valence-electron chi connectivity index (χ1n) is 10.1. The Morgan fingerprint density at radius 1 is 1.07 bits per heavy atom. The lowest BCUT2D eigenvalue weighted by Gasteiger charge is -2.15. The van der Waals surface area contributed by atoms with Gasteiger partial charge in [0.1, 0.15) is 0 Å². The molecule has 0 saturated heterocycles. The topological polar surface area (TPSA) is 77.6 Å². The summed E-state index contributed by atoms with van der Waals surface area (Å²) in [7, 11) is 0. The van der Waals surface area contributed by atoms with Crippen LogP contribution in [0.1, 0.15) is 39.9 Å². The van der Waals surface area contributed by atoms with E-state index in [1.54, 1.807) is 0 Å². The molecule has 1 unspecified atom stereocenters. The van der Waals surface area contributed by atoms with Crippen molar-refractivity contribution in [1.82, 2.24) is 29.9 Å². The van der Waals surface area contributed by atoms with Gasteiger partial charge in [-0.25, -0.2) is 9.67 Å². The van der Waals surface area contributed by atoms with E-state index < -0.39 is 0 Å². The number of hydrogen-bond acceptors (Lipinski definition) is 4. The van der Waals surface area contributed by atoms with Crippen molar-refractivity contribution >= 4 is 16.9 Å². The number of fused-ring (bicyclic) bond motifs is 1. The van der Waals surface area contributed by atoms with Gasteiger partial charge in [0.05, 0.1) is 35.4 Å². The maximum atomic E-state index is 13.1. The predicted octanol–water partition coefficient (Wildman–Crippen LogP) is 3.42. The number of aromatic nitrogens is 5. The van der Waals surface area contributed by atoms with Crippen LogP contribution in [-0.4, -0.2) is 36.5 Å². The fourth-order valence-corrected chi connectivity index (χ4v) is 3.72. The zero-order chi connectivity index (χ0) is 21.3.